The number of primary amides is 1. The number of hydrogen-bond acceptors (Lipinski definition) is 8. The zero-order valence-electron chi connectivity index (χ0n) is 29.4. The van der Waals surface area contributed by atoms with Crippen LogP contribution in [0.1, 0.15) is 116 Å². The molecule has 5 amide bonds. The highest BCUT2D eigenvalue weighted by atomic mass is 16.2. The van der Waals surface area contributed by atoms with Crippen LogP contribution >= 0.6 is 0 Å². The van der Waals surface area contributed by atoms with Gasteiger partial charge in [0.25, 0.3) is 11.8 Å². The summed E-state index contributed by atoms with van der Waals surface area (Å²) in [6, 6.07) is -3.93. The molecule has 0 spiro atoms. The molecule has 5 N–H and O–H groups in total. The molecule has 2 aliphatic rings. The first kappa shape index (κ1) is 38.5. The van der Waals surface area contributed by atoms with Gasteiger partial charge in [-0.1, -0.05) is 80.1 Å². The van der Waals surface area contributed by atoms with Gasteiger partial charge in [-0.05, 0) is 48.9 Å². The highest BCUT2D eigenvalue weighted by Gasteiger charge is 2.49. The number of nitrogens with zero attached hydrogens (tertiary/aromatic N) is 3. The van der Waals surface area contributed by atoms with Gasteiger partial charge in [0.2, 0.25) is 23.5 Å². The Kier molecular flexibility index (Phi) is 14.0. The predicted molar refractivity (Wildman–Crippen MR) is 180 cm³/mol. The van der Waals surface area contributed by atoms with Crippen molar-refractivity contribution in [3.63, 3.8) is 0 Å². The van der Waals surface area contributed by atoms with Crippen molar-refractivity contribution in [1.29, 1.82) is 0 Å². The maximum Gasteiger partial charge on any atom is 0.287 e. The number of nitrogens with one attached hydrogen (secondary N) is 3. The molecule has 1 aliphatic carbocycles. The highest BCUT2D eigenvalue weighted by molar-refractivity contribution is 6.37. The van der Waals surface area contributed by atoms with Crippen LogP contribution in [0.5, 0.6) is 0 Å². The number of ketones is 1. The van der Waals surface area contributed by atoms with Crippen LogP contribution < -0.4 is 21.7 Å². The SMILES string of the molecule is CCC[C@H](NC(=O)[C@@H]1[C@@H](C(CC)CC)CCN1C(=O)[C@@H](NC(=O)[C@@H](NC(=O)c1cnccn1)C1CCCCC1)C(C)(C)C)C(=O)C(N)=O. The lowest BCUT2D eigenvalue weighted by Gasteiger charge is -2.38. The van der Waals surface area contributed by atoms with Crippen LogP contribution in [0.2, 0.25) is 0 Å². The van der Waals surface area contributed by atoms with Crippen molar-refractivity contribution < 1.29 is 28.8 Å². The van der Waals surface area contributed by atoms with Crippen LogP contribution in [0.15, 0.2) is 18.6 Å². The summed E-state index contributed by atoms with van der Waals surface area (Å²) in [5.74, 6) is -4.11. The third-order valence-electron chi connectivity index (χ3n) is 9.99. The molecule has 1 saturated heterocycles. The number of nitrogens with two attached hydrogens (primary N) is 1. The summed E-state index contributed by atoms with van der Waals surface area (Å²) in [4.78, 5) is 89.8. The van der Waals surface area contributed by atoms with Crippen molar-refractivity contribution in [2.24, 2.45) is 28.9 Å². The molecule has 0 radical (unpaired) electrons. The topological polar surface area (TPSA) is 194 Å². The second-order valence-corrected chi connectivity index (χ2v) is 14.3. The fourth-order valence-electron chi connectivity index (χ4n) is 7.32. The number of hydrogen-bond donors (Lipinski definition) is 4. The zero-order chi connectivity index (χ0) is 35.6. The van der Waals surface area contributed by atoms with E-state index < -0.39 is 64.9 Å². The third-order valence-corrected chi connectivity index (χ3v) is 9.99. The standard InChI is InChI=1S/C35H55N7O6/c1-7-13-24(28(43)30(36)44)39-33(47)27-23(21(8-2)9-3)16-19-42(27)34(48)29(35(4,5)6)41-32(46)26(22-14-11-10-12-15-22)40-31(45)25-20-37-17-18-38-25/h17-18,20-24,26-27,29H,7-16,19H2,1-6H3,(H2,36,44)(H,39,47)(H,40,45)(H,41,46)/t23-,24+,26+,27+,29-/m1/s1. The van der Waals surface area contributed by atoms with Gasteiger partial charge in [0.1, 0.15) is 23.8 Å². The van der Waals surface area contributed by atoms with Crippen LogP contribution in [0.3, 0.4) is 0 Å². The maximum atomic E-state index is 14.6. The Hall–Kier alpha value is -3.90. The zero-order valence-corrected chi connectivity index (χ0v) is 29.4. The molecule has 0 bridgehead atoms. The molecule has 1 aliphatic heterocycles. The van der Waals surface area contributed by atoms with E-state index in [2.05, 4.69) is 25.9 Å². The number of rotatable bonds is 15. The minimum absolute atomic E-state index is 0.0871. The van der Waals surface area contributed by atoms with E-state index in [-0.39, 0.29) is 36.4 Å². The highest BCUT2D eigenvalue weighted by Crippen LogP contribution is 2.36. The Morgan fingerprint density at radius 3 is 2.15 bits per heavy atom. The molecule has 1 aromatic heterocycles. The molecule has 0 aromatic carbocycles. The average molecular weight is 670 g/mol. The largest absolute Gasteiger partial charge is 0.363 e. The smallest absolute Gasteiger partial charge is 0.287 e. The molecule has 3 rings (SSSR count). The van der Waals surface area contributed by atoms with Crippen molar-refractivity contribution in [3.8, 4) is 0 Å². The number of aromatic nitrogens is 2. The van der Waals surface area contributed by atoms with E-state index in [9.17, 15) is 28.8 Å². The summed E-state index contributed by atoms with van der Waals surface area (Å²) in [5, 5.41) is 8.61. The van der Waals surface area contributed by atoms with Crippen LogP contribution in [-0.4, -0.2) is 80.9 Å². The van der Waals surface area contributed by atoms with Gasteiger partial charge < -0.3 is 26.6 Å². The molecule has 5 atom stereocenters. The van der Waals surface area contributed by atoms with E-state index >= 15 is 0 Å². The van der Waals surface area contributed by atoms with Crippen molar-refractivity contribution in [1.82, 2.24) is 30.8 Å². The van der Waals surface area contributed by atoms with Crippen molar-refractivity contribution >= 4 is 35.3 Å². The molecule has 266 valence electrons. The molecular formula is C35H55N7O6. The maximum absolute atomic E-state index is 14.6. The summed E-state index contributed by atoms with van der Waals surface area (Å²) in [5.41, 5.74) is 4.61. The molecule has 1 aromatic rings. The number of carbonyl (C=O) groups is 6. The van der Waals surface area contributed by atoms with Gasteiger partial charge in [-0.2, -0.15) is 0 Å². The molecule has 13 nitrogen and oxygen atoms in total. The predicted octanol–water partition coefficient (Wildman–Crippen LogP) is 2.68. The van der Waals surface area contributed by atoms with Gasteiger partial charge in [-0.15, -0.1) is 0 Å². The summed E-state index contributed by atoms with van der Waals surface area (Å²) in [6.45, 7) is 11.7. The van der Waals surface area contributed by atoms with Gasteiger partial charge in [0, 0.05) is 18.9 Å². The third kappa shape index (κ3) is 9.59. The monoisotopic (exact) mass is 669 g/mol. The minimum atomic E-state index is -1.13. The Morgan fingerprint density at radius 2 is 1.60 bits per heavy atom. The normalized spacial score (nSPS) is 20.4. The molecule has 0 unspecified atom stereocenters. The summed E-state index contributed by atoms with van der Waals surface area (Å²) in [7, 11) is 0. The Bertz CT molecular complexity index is 1290. The molecule has 2 fully saturated rings. The van der Waals surface area contributed by atoms with E-state index in [1.165, 1.54) is 23.5 Å². The number of likely N-dealkylation sites (tertiary alicyclic amines) is 1. The van der Waals surface area contributed by atoms with Crippen molar-refractivity contribution in [3.05, 3.63) is 24.3 Å². The van der Waals surface area contributed by atoms with E-state index in [1.807, 2.05) is 41.5 Å². The number of Topliss-reactive ketones (excluding diaryl/α,β-unsaturated/α-hetero) is 1. The van der Waals surface area contributed by atoms with Gasteiger partial charge in [-0.25, -0.2) is 4.98 Å². The van der Waals surface area contributed by atoms with Crippen LogP contribution in [-0.2, 0) is 24.0 Å². The number of carbonyl (C=O) groups excluding carboxylic acids is 6. The quantitative estimate of drug-likeness (QED) is 0.205. The molecule has 48 heavy (non-hydrogen) atoms. The Labute approximate surface area is 284 Å². The van der Waals surface area contributed by atoms with Crippen LogP contribution in [0.4, 0.5) is 0 Å². The summed E-state index contributed by atoms with van der Waals surface area (Å²) < 4.78 is 0. The van der Waals surface area contributed by atoms with Gasteiger partial charge >= 0.3 is 0 Å². The second-order valence-electron chi connectivity index (χ2n) is 14.3. The Balaban J connectivity index is 1.94. The first-order valence-corrected chi connectivity index (χ1v) is 17.6. The fraction of sp³-hybridized carbons (Fsp3) is 0.714. The van der Waals surface area contributed by atoms with E-state index in [4.69, 9.17) is 5.73 Å². The number of amides is 5. The van der Waals surface area contributed by atoms with Crippen LogP contribution in [0.25, 0.3) is 0 Å². The molecule has 2 heterocycles. The lowest BCUT2D eigenvalue weighted by atomic mass is 9.81. The van der Waals surface area contributed by atoms with E-state index in [0.717, 1.165) is 44.9 Å². The van der Waals surface area contributed by atoms with Gasteiger partial charge in [0.15, 0.2) is 0 Å². The summed E-state index contributed by atoms with van der Waals surface area (Å²) >= 11 is 0. The average Bonchev–Trinajstić information content (AvgIpc) is 3.51. The van der Waals surface area contributed by atoms with Gasteiger partial charge in [-0.3, -0.25) is 33.8 Å². The van der Waals surface area contributed by atoms with Crippen molar-refractivity contribution in [2.45, 2.75) is 130 Å². The van der Waals surface area contributed by atoms with E-state index in [0.29, 0.717) is 12.8 Å². The Morgan fingerprint density at radius 1 is 0.938 bits per heavy atom. The fourth-order valence-corrected chi connectivity index (χ4v) is 7.32. The molecule has 13 heteroatoms. The molecule has 1 saturated carbocycles. The first-order chi connectivity index (χ1) is 22.7. The van der Waals surface area contributed by atoms with Crippen molar-refractivity contribution in [2.75, 3.05) is 6.54 Å². The second kappa shape index (κ2) is 17.5. The summed E-state index contributed by atoms with van der Waals surface area (Å²) in [6.07, 6.45) is 11.5. The molecular weight excluding hydrogens is 614 g/mol. The minimum Gasteiger partial charge on any atom is -0.363 e. The van der Waals surface area contributed by atoms with E-state index in [1.54, 1.807) is 0 Å². The first-order valence-electron chi connectivity index (χ1n) is 17.6. The lowest BCUT2D eigenvalue weighted by Crippen LogP contribution is -2.62. The van der Waals surface area contributed by atoms with Gasteiger partial charge in [0.05, 0.1) is 12.2 Å². The lowest BCUT2D eigenvalue weighted by molar-refractivity contribution is -0.146. The van der Waals surface area contributed by atoms with Crippen LogP contribution in [0, 0.1) is 23.2 Å².